The molecule has 0 radical (unpaired) electrons. The van der Waals surface area contributed by atoms with Crippen LogP contribution in [0.1, 0.15) is 56.1 Å². The van der Waals surface area contributed by atoms with Crippen LogP contribution in [0.15, 0.2) is 24.3 Å². The quantitative estimate of drug-likeness (QED) is 0.783. The van der Waals surface area contributed by atoms with E-state index in [1.54, 1.807) is 5.56 Å². The minimum Gasteiger partial charge on any atom is -0.198 e. The number of hydrogen-bond acceptors (Lipinski definition) is 1. The van der Waals surface area contributed by atoms with Gasteiger partial charge in [0.15, 0.2) is 0 Å². The molecule has 0 saturated heterocycles. The van der Waals surface area contributed by atoms with Gasteiger partial charge in [-0.2, -0.15) is 5.26 Å². The lowest BCUT2D eigenvalue weighted by atomic mass is 9.48. The Kier molecular flexibility index (Phi) is 2.88. The van der Waals surface area contributed by atoms with Crippen molar-refractivity contribution in [1.82, 2.24) is 0 Å². The van der Waals surface area contributed by atoms with Crippen LogP contribution in [0, 0.1) is 29.1 Å². The summed E-state index contributed by atoms with van der Waals surface area (Å²) in [4.78, 5) is 0. The largest absolute Gasteiger partial charge is 0.198 e. The Labute approximate surface area is 122 Å². The van der Waals surface area contributed by atoms with E-state index >= 15 is 0 Å². The van der Waals surface area contributed by atoms with Crippen molar-refractivity contribution in [1.29, 1.82) is 5.26 Å². The fourth-order valence-electron chi connectivity index (χ4n) is 5.69. The zero-order valence-electron chi connectivity index (χ0n) is 12.1. The number of aryl methyl sites for hydroxylation is 1. The molecule has 0 unspecified atom stereocenters. The molecule has 0 aromatic heterocycles. The zero-order valence-corrected chi connectivity index (χ0v) is 12.1. The van der Waals surface area contributed by atoms with Crippen molar-refractivity contribution in [2.75, 3.05) is 0 Å². The second-order valence-electron chi connectivity index (χ2n) is 7.55. The highest BCUT2D eigenvalue weighted by Gasteiger charge is 2.51. The van der Waals surface area contributed by atoms with Crippen LogP contribution in [0.25, 0.3) is 0 Å². The highest BCUT2D eigenvalue weighted by Crippen LogP contribution is 2.60. The Morgan fingerprint density at radius 1 is 0.950 bits per heavy atom. The number of benzene rings is 1. The first-order valence-electron chi connectivity index (χ1n) is 8.24. The van der Waals surface area contributed by atoms with Gasteiger partial charge in [-0.3, -0.25) is 0 Å². The van der Waals surface area contributed by atoms with E-state index < -0.39 is 0 Å². The molecule has 1 aromatic rings. The number of nitrogens with zero attached hydrogens (tertiary/aromatic N) is 1. The molecule has 0 amide bonds. The van der Waals surface area contributed by atoms with Gasteiger partial charge in [0, 0.05) is 6.42 Å². The van der Waals surface area contributed by atoms with E-state index in [-0.39, 0.29) is 0 Å². The van der Waals surface area contributed by atoms with Gasteiger partial charge in [0.2, 0.25) is 0 Å². The average Bonchev–Trinajstić information content (AvgIpc) is 2.44. The lowest BCUT2D eigenvalue weighted by molar-refractivity contribution is -0.00519. The second-order valence-corrected chi connectivity index (χ2v) is 7.55. The molecule has 0 spiro atoms. The van der Waals surface area contributed by atoms with Gasteiger partial charge >= 0.3 is 0 Å². The van der Waals surface area contributed by atoms with E-state index in [9.17, 15) is 0 Å². The Balaban J connectivity index is 1.59. The Morgan fingerprint density at radius 3 is 2.00 bits per heavy atom. The van der Waals surface area contributed by atoms with Crippen LogP contribution in [0.3, 0.4) is 0 Å². The normalized spacial score (nSPS) is 37.9. The lowest BCUT2D eigenvalue weighted by Crippen LogP contribution is -2.48. The highest BCUT2D eigenvalue weighted by atomic mass is 14.6. The molecule has 4 aliphatic carbocycles. The molecule has 1 heteroatoms. The fourth-order valence-corrected chi connectivity index (χ4v) is 5.69. The molecular formula is C19H23N. The summed E-state index contributed by atoms with van der Waals surface area (Å²) in [5.41, 5.74) is 3.43. The van der Waals surface area contributed by atoms with Gasteiger partial charge in [0.05, 0.1) is 6.07 Å². The number of rotatable bonds is 3. The maximum Gasteiger partial charge on any atom is 0.0625 e. The van der Waals surface area contributed by atoms with E-state index in [0.29, 0.717) is 11.8 Å². The van der Waals surface area contributed by atoms with Crippen molar-refractivity contribution in [3.8, 4) is 6.07 Å². The molecular weight excluding hydrogens is 242 g/mol. The molecule has 0 N–H and O–H groups in total. The van der Waals surface area contributed by atoms with Crippen molar-refractivity contribution in [3.05, 3.63) is 35.4 Å². The summed E-state index contributed by atoms with van der Waals surface area (Å²) in [6.07, 6.45) is 10.4. The van der Waals surface area contributed by atoms with E-state index in [4.69, 9.17) is 5.26 Å². The van der Waals surface area contributed by atoms with Crippen LogP contribution >= 0.6 is 0 Å². The van der Waals surface area contributed by atoms with E-state index in [2.05, 4.69) is 30.3 Å². The molecule has 4 fully saturated rings. The number of hydrogen-bond donors (Lipinski definition) is 0. The SMILES string of the molecule is N#CCCc1ccc(C23CC4CC(CC(C4)C2)C3)cc1. The first-order valence-corrected chi connectivity index (χ1v) is 8.24. The Hall–Kier alpha value is -1.29. The van der Waals surface area contributed by atoms with Gasteiger partial charge in [0.25, 0.3) is 0 Å². The molecule has 0 heterocycles. The zero-order chi connectivity index (χ0) is 13.6. The van der Waals surface area contributed by atoms with Crippen LogP contribution in [-0.4, -0.2) is 0 Å². The summed E-state index contributed by atoms with van der Waals surface area (Å²) >= 11 is 0. The van der Waals surface area contributed by atoms with Crippen molar-refractivity contribution >= 4 is 0 Å². The summed E-state index contributed by atoms with van der Waals surface area (Å²) < 4.78 is 0. The van der Waals surface area contributed by atoms with Gasteiger partial charge < -0.3 is 0 Å². The lowest BCUT2D eigenvalue weighted by Gasteiger charge is -2.57. The molecule has 5 rings (SSSR count). The monoisotopic (exact) mass is 265 g/mol. The summed E-state index contributed by atoms with van der Waals surface area (Å²) in [7, 11) is 0. The first kappa shape index (κ1) is 12.5. The molecule has 4 saturated carbocycles. The maximum atomic E-state index is 8.69. The predicted octanol–water partition coefficient (Wildman–Crippen LogP) is 4.61. The van der Waals surface area contributed by atoms with Crippen LogP contribution in [0.5, 0.6) is 0 Å². The minimum absolute atomic E-state index is 0.516. The van der Waals surface area contributed by atoms with E-state index in [0.717, 1.165) is 24.2 Å². The molecule has 0 aliphatic heterocycles. The van der Waals surface area contributed by atoms with E-state index in [1.165, 1.54) is 44.1 Å². The van der Waals surface area contributed by atoms with Gasteiger partial charge in [-0.15, -0.1) is 0 Å². The Bertz CT molecular complexity index is 499. The fraction of sp³-hybridized carbons (Fsp3) is 0.632. The molecule has 4 aliphatic rings. The smallest absolute Gasteiger partial charge is 0.0625 e. The standard InChI is InChI=1S/C19H23N/c20-7-1-2-14-3-5-18(6-4-14)19-11-15-8-16(12-19)10-17(9-15)13-19/h3-6,15-17H,1-2,8-13H2. The average molecular weight is 265 g/mol. The summed E-state index contributed by atoms with van der Waals surface area (Å²) in [6.45, 7) is 0. The van der Waals surface area contributed by atoms with Crippen LogP contribution < -0.4 is 0 Å². The van der Waals surface area contributed by atoms with Gasteiger partial charge in [0.1, 0.15) is 0 Å². The third-order valence-corrected chi connectivity index (χ3v) is 6.13. The third-order valence-electron chi connectivity index (χ3n) is 6.13. The first-order chi connectivity index (χ1) is 9.77. The summed E-state index contributed by atoms with van der Waals surface area (Å²) in [6, 6.07) is 11.5. The molecule has 0 atom stereocenters. The Morgan fingerprint density at radius 2 is 1.50 bits per heavy atom. The van der Waals surface area contributed by atoms with Crippen molar-refractivity contribution < 1.29 is 0 Å². The topological polar surface area (TPSA) is 23.8 Å². The number of nitriles is 1. The van der Waals surface area contributed by atoms with Crippen molar-refractivity contribution in [2.45, 2.75) is 56.8 Å². The molecule has 1 nitrogen and oxygen atoms in total. The van der Waals surface area contributed by atoms with Gasteiger partial charge in [-0.25, -0.2) is 0 Å². The second kappa shape index (κ2) is 4.62. The summed E-state index contributed by atoms with van der Waals surface area (Å²) in [5.74, 6) is 3.04. The highest BCUT2D eigenvalue weighted by molar-refractivity contribution is 5.32. The van der Waals surface area contributed by atoms with Gasteiger partial charge in [-0.05, 0) is 79.2 Å². The molecule has 20 heavy (non-hydrogen) atoms. The maximum absolute atomic E-state index is 8.69. The van der Waals surface area contributed by atoms with Crippen molar-refractivity contribution in [3.63, 3.8) is 0 Å². The molecule has 1 aromatic carbocycles. The summed E-state index contributed by atoms with van der Waals surface area (Å²) in [5, 5.41) is 8.69. The predicted molar refractivity (Wildman–Crippen MR) is 80.2 cm³/mol. The van der Waals surface area contributed by atoms with Crippen LogP contribution in [-0.2, 0) is 11.8 Å². The minimum atomic E-state index is 0.516. The third kappa shape index (κ3) is 1.97. The van der Waals surface area contributed by atoms with Crippen LogP contribution in [0.4, 0.5) is 0 Å². The van der Waals surface area contributed by atoms with Crippen LogP contribution in [0.2, 0.25) is 0 Å². The molecule has 4 bridgehead atoms. The van der Waals surface area contributed by atoms with E-state index in [1.807, 2.05) is 0 Å². The van der Waals surface area contributed by atoms with Gasteiger partial charge in [-0.1, -0.05) is 24.3 Å². The molecule has 104 valence electrons. The van der Waals surface area contributed by atoms with Crippen molar-refractivity contribution in [2.24, 2.45) is 17.8 Å².